The summed E-state index contributed by atoms with van der Waals surface area (Å²) < 4.78 is 5.55. The van der Waals surface area contributed by atoms with Gasteiger partial charge in [0.25, 0.3) is 5.89 Å². The van der Waals surface area contributed by atoms with Crippen molar-refractivity contribution in [2.24, 2.45) is 0 Å². The molecule has 1 unspecified atom stereocenters. The van der Waals surface area contributed by atoms with Gasteiger partial charge in [0.15, 0.2) is 5.82 Å². The van der Waals surface area contributed by atoms with Crippen molar-refractivity contribution in [3.8, 4) is 11.5 Å². The first-order valence-electron chi connectivity index (χ1n) is 7.66. The Morgan fingerprint density at radius 3 is 2.87 bits per heavy atom. The number of nitrogens with zero attached hydrogens (tertiary/aromatic N) is 3. The Kier molecular flexibility index (Phi) is 6.47. The molecule has 1 aromatic heterocycles. The predicted molar refractivity (Wildman–Crippen MR) is 96.2 cm³/mol. The van der Waals surface area contributed by atoms with Gasteiger partial charge in [-0.2, -0.15) is 4.98 Å². The molecular weight excluding hydrogens is 332 g/mol. The van der Waals surface area contributed by atoms with Crippen LogP contribution in [0, 0.1) is 0 Å². The van der Waals surface area contributed by atoms with Gasteiger partial charge in [-0.1, -0.05) is 31.1 Å². The van der Waals surface area contributed by atoms with E-state index in [-0.39, 0.29) is 18.4 Å². The topological polar surface area (TPSA) is 54.2 Å². The van der Waals surface area contributed by atoms with Gasteiger partial charge in [0.05, 0.1) is 11.6 Å². The van der Waals surface area contributed by atoms with E-state index in [9.17, 15) is 0 Å². The molecule has 1 fully saturated rings. The number of hydrogen-bond acceptors (Lipinski definition) is 6. The maximum Gasteiger partial charge on any atom is 0.259 e. The molecule has 1 aliphatic heterocycles. The summed E-state index contributed by atoms with van der Waals surface area (Å²) in [5.74, 6) is 1.37. The normalized spacial score (nSPS) is 18.9. The molecule has 5 nitrogen and oxygen atoms in total. The van der Waals surface area contributed by atoms with Gasteiger partial charge in [-0.25, -0.2) is 0 Å². The number of nitrogens with one attached hydrogen (secondary N) is 1. The van der Waals surface area contributed by atoms with Crippen molar-refractivity contribution in [1.82, 2.24) is 20.4 Å². The van der Waals surface area contributed by atoms with E-state index in [1.165, 1.54) is 4.90 Å². The molecule has 126 valence electrons. The van der Waals surface area contributed by atoms with Crippen LogP contribution in [-0.4, -0.2) is 47.0 Å². The Morgan fingerprint density at radius 2 is 2.13 bits per heavy atom. The molecule has 1 N–H and O–H groups in total. The zero-order valence-electron chi connectivity index (χ0n) is 13.7. The van der Waals surface area contributed by atoms with E-state index >= 15 is 0 Å². The van der Waals surface area contributed by atoms with E-state index in [1.54, 1.807) is 0 Å². The van der Waals surface area contributed by atoms with Gasteiger partial charge in [-0.15, -0.1) is 24.2 Å². The molecule has 0 radical (unpaired) electrons. The molecule has 0 saturated carbocycles. The number of piperazine rings is 1. The van der Waals surface area contributed by atoms with Gasteiger partial charge < -0.3 is 9.84 Å². The fourth-order valence-electron chi connectivity index (χ4n) is 2.57. The van der Waals surface area contributed by atoms with Gasteiger partial charge >= 0.3 is 0 Å². The third-order valence-electron chi connectivity index (χ3n) is 3.73. The van der Waals surface area contributed by atoms with E-state index in [2.05, 4.69) is 47.3 Å². The first-order valence-corrected chi connectivity index (χ1v) is 8.53. The van der Waals surface area contributed by atoms with Crippen molar-refractivity contribution in [1.29, 1.82) is 0 Å². The van der Waals surface area contributed by atoms with Crippen molar-refractivity contribution in [2.75, 3.05) is 26.7 Å². The van der Waals surface area contributed by atoms with Crippen LogP contribution in [0.2, 0.25) is 0 Å². The van der Waals surface area contributed by atoms with E-state index in [0.29, 0.717) is 11.1 Å². The first-order chi connectivity index (χ1) is 10.6. The lowest BCUT2D eigenvalue weighted by atomic mass is 10.2. The van der Waals surface area contributed by atoms with E-state index in [4.69, 9.17) is 4.52 Å². The maximum atomic E-state index is 5.55. The van der Waals surface area contributed by atoms with Gasteiger partial charge in [-0.05, 0) is 19.2 Å². The molecule has 0 spiro atoms. The van der Waals surface area contributed by atoms with Gasteiger partial charge in [0, 0.05) is 29.8 Å². The average Bonchev–Trinajstić information content (AvgIpc) is 2.97. The van der Waals surface area contributed by atoms with E-state index in [0.717, 1.165) is 31.0 Å². The molecule has 2 heterocycles. The van der Waals surface area contributed by atoms with Crippen LogP contribution in [0.4, 0.5) is 0 Å². The summed E-state index contributed by atoms with van der Waals surface area (Å²) in [6, 6.07) is 8.39. The predicted octanol–water partition coefficient (Wildman–Crippen LogP) is 3.24. The Morgan fingerprint density at radius 1 is 1.35 bits per heavy atom. The number of likely N-dealkylation sites (N-methyl/N-ethyl adjacent to an activating group) is 1. The lowest BCUT2D eigenvalue weighted by Crippen LogP contribution is -2.44. The molecule has 1 saturated heterocycles. The quantitative estimate of drug-likeness (QED) is 0.851. The van der Waals surface area contributed by atoms with Crippen LogP contribution in [0.15, 0.2) is 33.7 Å². The molecule has 7 heteroatoms. The van der Waals surface area contributed by atoms with Gasteiger partial charge in [0.2, 0.25) is 0 Å². The summed E-state index contributed by atoms with van der Waals surface area (Å²) in [5.41, 5.74) is 1.02. The highest BCUT2D eigenvalue weighted by Gasteiger charge is 2.26. The monoisotopic (exact) mass is 354 g/mol. The molecule has 0 bridgehead atoms. The lowest BCUT2D eigenvalue weighted by Gasteiger charge is -2.30. The van der Waals surface area contributed by atoms with Crippen molar-refractivity contribution in [3.63, 3.8) is 0 Å². The van der Waals surface area contributed by atoms with Crippen LogP contribution in [0.5, 0.6) is 0 Å². The molecule has 0 amide bonds. The third-order valence-corrected chi connectivity index (χ3v) is 4.81. The van der Waals surface area contributed by atoms with Crippen molar-refractivity contribution < 1.29 is 4.52 Å². The first kappa shape index (κ1) is 18.3. The van der Waals surface area contributed by atoms with Crippen LogP contribution in [-0.2, 0) is 0 Å². The van der Waals surface area contributed by atoms with Crippen molar-refractivity contribution >= 4 is 24.2 Å². The number of benzene rings is 1. The molecular formula is C16H23ClN4OS. The fraction of sp³-hybridized carbons (Fsp3) is 0.500. The highest BCUT2D eigenvalue weighted by atomic mass is 35.5. The summed E-state index contributed by atoms with van der Waals surface area (Å²) in [5, 5.41) is 8.10. The van der Waals surface area contributed by atoms with Crippen LogP contribution in [0.3, 0.4) is 0 Å². The average molecular weight is 355 g/mol. The molecule has 23 heavy (non-hydrogen) atoms. The number of rotatable bonds is 4. The summed E-state index contributed by atoms with van der Waals surface area (Å²) >= 11 is 1.81. The smallest absolute Gasteiger partial charge is 0.259 e. The SMILES string of the molecule is CC(C)Sc1ccccc1-c1nc(C2CNCCN2C)no1.Cl. The second-order valence-corrected chi connectivity index (χ2v) is 7.44. The zero-order valence-corrected chi connectivity index (χ0v) is 15.3. The fourth-order valence-corrected chi connectivity index (χ4v) is 3.52. The Bertz CT molecular complexity index is 634. The number of thioether (sulfide) groups is 1. The third kappa shape index (κ3) is 4.26. The van der Waals surface area contributed by atoms with Crippen LogP contribution >= 0.6 is 24.2 Å². The minimum atomic E-state index is 0. The lowest BCUT2D eigenvalue weighted by molar-refractivity contribution is 0.190. The minimum Gasteiger partial charge on any atom is -0.334 e. The van der Waals surface area contributed by atoms with Crippen molar-refractivity contribution in [2.45, 2.75) is 30.0 Å². The number of halogens is 1. The molecule has 3 rings (SSSR count). The molecule has 1 atom stereocenters. The summed E-state index contributed by atoms with van der Waals surface area (Å²) in [6.07, 6.45) is 0. The van der Waals surface area contributed by atoms with E-state index in [1.807, 2.05) is 30.0 Å². The highest BCUT2D eigenvalue weighted by molar-refractivity contribution is 8.00. The molecule has 0 aliphatic carbocycles. The second-order valence-electron chi connectivity index (χ2n) is 5.82. The van der Waals surface area contributed by atoms with Gasteiger partial charge in [-0.3, -0.25) is 4.90 Å². The molecule has 1 aromatic carbocycles. The number of aromatic nitrogens is 2. The van der Waals surface area contributed by atoms with E-state index < -0.39 is 0 Å². The van der Waals surface area contributed by atoms with Gasteiger partial charge in [0.1, 0.15) is 0 Å². The summed E-state index contributed by atoms with van der Waals surface area (Å²) in [4.78, 5) is 8.10. The highest BCUT2D eigenvalue weighted by Crippen LogP contribution is 2.33. The standard InChI is InChI=1S/C16H22N4OS.ClH/c1-11(2)22-14-7-5-4-6-12(14)16-18-15(19-21-16)13-10-17-8-9-20(13)3;/h4-7,11,13,17H,8-10H2,1-3H3;1H. The van der Waals surface area contributed by atoms with Crippen LogP contribution < -0.4 is 5.32 Å². The largest absolute Gasteiger partial charge is 0.334 e. The second kappa shape index (κ2) is 8.15. The number of hydrogen-bond donors (Lipinski definition) is 1. The summed E-state index contributed by atoms with van der Waals surface area (Å²) in [7, 11) is 2.10. The maximum absolute atomic E-state index is 5.55. The molecule has 2 aromatic rings. The Balaban J connectivity index is 0.00000192. The molecule has 1 aliphatic rings. The van der Waals surface area contributed by atoms with Crippen LogP contribution in [0.1, 0.15) is 25.7 Å². The Hall–Kier alpha value is -1.08. The summed E-state index contributed by atoms with van der Waals surface area (Å²) in [6.45, 7) is 7.23. The van der Waals surface area contributed by atoms with Crippen molar-refractivity contribution in [3.05, 3.63) is 30.1 Å². The minimum absolute atomic E-state index is 0. The zero-order chi connectivity index (χ0) is 15.5. The van der Waals surface area contributed by atoms with Crippen LogP contribution in [0.25, 0.3) is 11.5 Å². The Labute approximate surface area is 147 Å².